The fraction of sp³-hybridized carbons (Fsp3) is 0.0909. The largest absolute Gasteiger partial charge is 0.319 e. The van der Waals surface area contributed by atoms with Crippen LogP contribution in [0.4, 0.5) is 0 Å². The van der Waals surface area contributed by atoms with E-state index in [1.807, 2.05) is 0 Å². The lowest BCUT2D eigenvalue weighted by molar-refractivity contribution is 0.818. The standard InChI is InChI=1S/C11H9Cl2N3/c12-7-2-1-3-8(13)10(7)11(14)9-6-15-4-5-16-9/h1-6,11H,14H2. The number of halogens is 2. The molecule has 2 aromatic rings. The van der Waals surface area contributed by atoms with E-state index in [0.29, 0.717) is 21.3 Å². The Bertz CT molecular complexity index is 468. The van der Waals surface area contributed by atoms with Crippen molar-refractivity contribution in [2.24, 2.45) is 5.73 Å². The summed E-state index contributed by atoms with van der Waals surface area (Å²) in [6.45, 7) is 0. The smallest absolute Gasteiger partial charge is 0.0800 e. The van der Waals surface area contributed by atoms with Crippen molar-refractivity contribution in [2.75, 3.05) is 0 Å². The second-order valence-corrected chi connectivity index (χ2v) is 4.06. The first-order valence-corrected chi connectivity index (χ1v) is 5.41. The van der Waals surface area contributed by atoms with Gasteiger partial charge in [0.15, 0.2) is 0 Å². The van der Waals surface area contributed by atoms with Crippen molar-refractivity contribution < 1.29 is 0 Å². The van der Waals surface area contributed by atoms with Crippen molar-refractivity contribution in [1.29, 1.82) is 0 Å². The average molecular weight is 254 g/mol. The van der Waals surface area contributed by atoms with Crippen LogP contribution in [0, 0.1) is 0 Å². The van der Waals surface area contributed by atoms with Gasteiger partial charge in [0, 0.05) is 28.0 Å². The van der Waals surface area contributed by atoms with E-state index >= 15 is 0 Å². The van der Waals surface area contributed by atoms with E-state index in [0.717, 1.165) is 0 Å². The van der Waals surface area contributed by atoms with E-state index in [-0.39, 0.29) is 0 Å². The van der Waals surface area contributed by atoms with Gasteiger partial charge in [-0.15, -0.1) is 0 Å². The molecule has 5 heteroatoms. The molecule has 0 amide bonds. The maximum atomic E-state index is 6.06. The van der Waals surface area contributed by atoms with Gasteiger partial charge >= 0.3 is 0 Å². The van der Waals surface area contributed by atoms with Crippen LogP contribution < -0.4 is 5.73 Å². The van der Waals surface area contributed by atoms with E-state index in [1.54, 1.807) is 36.8 Å². The number of rotatable bonds is 2. The van der Waals surface area contributed by atoms with Gasteiger partial charge in [-0.1, -0.05) is 29.3 Å². The molecular formula is C11H9Cl2N3. The fourth-order valence-electron chi connectivity index (χ4n) is 1.43. The molecule has 0 aliphatic carbocycles. The number of benzene rings is 1. The minimum absolute atomic E-state index is 0.463. The highest BCUT2D eigenvalue weighted by Crippen LogP contribution is 2.31. The molecule has 0 bridgehead atoms. The van der Waals surface area contributed by atoms with Crippen molar-refractivity contribution in [1.82, 2.24) is 9.97 Å². The van der Waals surface area contributed by atoms with Crippen molar-refractivity contribution in [3.8, 4) is 0 Å². The Kier molecular flexibility index (Phi) is 3.39. The molecule has 16 heavy (non-hydrogen) atoms. The van der Waals surface area contributed by atoms with Gasteiger partial charge in [-0.3, -0.25) is 9.97 Å². The molecule has 82 valence electrons. The molecule has 1 heterocycles. The molecule has 3 nitrogen and oxygen atoms in total. The monoisotopic (exact) mass is 253 g/mol. The number of aromatic nitrogens is 2. The summed E-state index contributed by atoms with van der Waals surface area (Å²) >= 11 is 12.1. The van der Waals surface area contributed by atoms with Crippen LogP contribution in [0.25, 0.3) is 0 Å². The zero-order valence-corrected chi connectivity index (χ0v) is 9.78. The van der Waals surface area contributed by atoms with Crippen molar-refractivity contribution in [3.63, 3.8) is 0 Å². The van der Waals surface area contributed by atoms with Crippen LogP contribution in [0.2, 0.25) is 10.0 Å². The summed E-state index contributed by atoms with van der Waals surface area (Å²) in [7, 11) is 0. The third-order valence-electron chi connectivity index (χ3n) is 2.21. The summed E-state index contributed by atoms with van der Waals surface area (Å²) in [5.74, 6) is 0. The number of nitrogens with two attached hydrogens (primary N) is 1. The van der Waals surface area contributed by atoms with Gasteiger partial charge in [-0.2, -0.15) is 0 Å². The third-order valence-corrected chi connectivity index (χ3v) is 2.87. The van der Waals surface area contributed by atoms with Gasteiger partial charge < -0.3 is 5.73 Å². The lowest BCUT2D eigenvalue weighted by Crippen LogP contribution is -2.14. The van der Waals surface area contributed by atoms with Crippen LogP contribution in [0.15, 0.2) is 36.8 Å². The molecular weight excluding hydrogens is 245 g/mol. The average Bonchev–Trinajstić information content (AvgIpc) is 2.30. The number of nitrogens with zero attached hydrogens (tertiary/aromatic N) is 2. The minimum atomic E-state index is -0.463. The SMILES string of the molecule is NC(c1cnccn1)c1c(Cl)cccc1Cl. The molecule has 0 saturated carbocycles. The van der Waals surface area contributed by atoms with Crippen molar-refractivity contribution >= 4 is 23.2 Å². The topological polar surface area (TPSA) is 51.8 Å². The highest BCUT2D eigenvalue weighted by atomic mass is 35.5. The molecule has 0 aliphatic heterocycles. The Labute approximate surface area is 103 Å². The van der Waals surface area contributed by atoms with Crippen LogP contribution in [-0.2, 0) is 0 Å². The van der Waals surface area contributed by atoms with Gasteiger partial charge in [-0.25, -0.2) is 0 Å². The molecule has 0 aliphatic rings. The minimum Gasteiger partial charge on any atom is -0.319 e. The summed E-state index contributed by atoms with van der Waals surface area (Å²) in [6, 6.07) is 4.81. The fourth-order valence-corrected chi connectivity index (χ4v) is 2.06. The van der Waals surface area contributed by atoms with Gasteiger partial charge in [0.2, 0.25) is 0 Å². The summed E-state index contributed by atoms with van der Waals surface area (Å²) < 4.78 is 0. The Hall–Kier alpha value is -1.16. The molecule has 2 N–H and O–H groups in total. The van der Waals surface area contributed by atoms with E-state index in [9.17, 15) is 0 Å². The summed E-state index contributed by atoms with van der Waals surface area (Å²) in [4.78, 5) is 8.09. The molecule has 0 fully saturated rings. The molecule has 1 atom stereocenters. The van der Waals surface area contributed by atoms with Gasteiger partial charge in [0.05, 0.1) is 17.9 Å². The Balaban J connectivity index is 2.46. The predicted octanol–water partition coefficient (Wildman–Crippen LogP) is 2.83. The quantitative estimate of drug-likeness (QED) is 0.896. The lowest BCUT2D eigenvalue weighted by Gasteiger charge is -2.14. The van der Waals surface area contributed by atoms with Crippen LogP contribution >= 0.6 is 23.2 Å². The van der Waals surface area contributed by atoms with Crippen LogP contribution in [0.5, 0.6) is 0 Å². The Morgan fingerprint density at radius 2 is 1.81 bits per heavy atom. The highest BCUT2D eigenvalue weighted by molar-refractivity contribution is 6.36. The maximum Gasteiger partial charge on any atom is 0.0800 e. The summed E-state index contributed by atoms with van der Waals surface area (Å²) in [6.07, 6.45) is 4.77. The van der Waals surface area contributed by atoms with Gasteiger partial charge in [0.25, 0.3) is 0 Å². The molecule has 1 aromatic carbocycles. The summed E-state index contributed by atoms with van der Waals surface area (Å²) in [5.41, 5.74) is 7.36. The first-order valence-electron chi connectivity index (χ1n) is 4.65. The highest BCUT2D eigenvalue weighted by Gasteiger charge is 2.16. The second kappa shape index (κ2) is 4.78. The summed E-state index contributed by atoms with van der Waals surface area (Å²) in [5, 5.41) is 1.07. The normalized spacial score (nSPS) is 12.4. The molecule has 0 radical (unpaired) electrons. The zero-order valence-electron chi connectivity index (χ0n) is 8.27. The predicted molar refractivity (Wildman–Crippen MR) is 64.5 cm³/mol. The van der Waals surface area contributed by atoms with Crippen molar-refractivity contribution in [3.05, 3.63) is 58.1 Å². The molecule has 0 saturated heterocycles. The molecule has 1 aromatic heterocycles. The van der Waals surface area contributed by atoms with E-state index < -0.39 is 6.04 Å². The Morgan fingerprint density at radius 3 is 2.38 bits per heavy atom. The maximum absolute atomic E-state index is 6.06. The van der Waals surface area contributed by atoms with E-state index in [4.69, 9.17) is 28.9 Å². The van der Waals surface area contributed by atoms with Crippen LogP contribution in [0.1, 0.15) is 17.3 Å². The van der Waals surface area contributed by atoms with Crippen LogP contribution in [0.3, 0.4) is 0 Å². The lowest BCUT2D eigenvalue weighted by atomic mass is 10.1. The van der Waals surface area contributed by atoms with Crippen molar-refractivity contribution in [2.45, 2.75) is 6.04 Å². The van der Waals surface area contributed by atoms with E-state index in [2.05, 4.69) is 9.97 Å². The molecule has 2 rings (SSSR count). The second-order valence-electron chi connectivity index (χ2n) is 3.24. The van der Waals surface area contributed by atoms with Gasteiger partial charge in [-0.05, 0) is 12.1 Å². The first kappa shape index (κ1) is 11.3. The number of hydrogen-bond acceptors (Lipinski definition) is 3. The van der Waals surface area contributed by atoms with Gasteiger partial charge in [0.1, 0.15) is 0 Å². The third kappa shape index (κ3) is 2.16. The zero-order chi connectivity index (χ0) is 11.5. The first-order chi connectivity index (χ1) is 7.70. The molecule has 0 spiro atoms. The number of hydrogen-bond donors (Lipinski definition) is 1. The van der Waals surface area contributed by atoms with Crippen LogP contribution in [-0.4, -0.2) is 9.97 Å². The molecule has 1 unspecified atom stereocenters. The Morgan fingerprint density at radius 1 is 1.12 bits per heavy atom. The van der Waals surface area contributed by atoms with E-state index in [1.165, 1.54) is 0 Å².